The third-order valence-corrected chi connectivity index (χ3v) is 4.59. The van der Waals surface area contributed by atoms with Crippen LogP contribution in [0.1, 0.15) is 17.3 Å². The van der Waals surface area contributed by atoms with Crippen LogP contribution in [0.4, 0.5) is 0 Å². The van der Waals surface area contributed by atoms with E-state index in [0.29, 0.717) is 29.9 Å². The molecule has 142 valence electrons. The Balaban J connectivity index is 1.45. The number of fused-ring (bicyclic) bond motifs is 1. The van der Waals surface area contributed by atoms with Gasteiger partial charge < -0.3 is 14.5 Å². The quantitative estimate of drug-likeness (QED) is 0.545. The molecule has 0 atom stereocenters. The molecule has 0 spiro atoms. The van der Waals surface area contributed by atoms with Crippen molar-refractivity contribution in [1.82, 2.24) is 34.7 Å². The average Bonchev–Trinajstić information content (AvgIpc) is 3.40. The van der Waals surface area contributed by atoms with Gasteiger partial charge in [-0.05, 0) is 47.7 Å². The van der Waals surface area contributed by atoms with Gasteiger partial charge >= 0.3 is 0 Å². The number of aryl methyl sites for hydroxylation is 1. The summed E-state index contributed by atoms with van der Waals surface area (Å²) in [5.74, 6) is -0.221. The first-order chi connectivity index (χ1) is 13.7. The minimum atomic E-state index is -0.221. The van der Waals surface area contributed by atoms with Gasteiger partial charge in [0.2, 0.25) is 0 Å². The second kappa shape index (κ2) is 7.47. The van der Waals surface area contributed by atoms with Crippen molar-refractivity contribution in [2.24, 2.45) is 0 Å². The lowest BCUT2D eigenvalue weighted by molar-refractivity contribution is 0.0952. The zero-order chi connectivity index (χ0) is 19.5. The minimum Gasteiger partial charge on any atom is -0.350 e. The maximum absolute atomic E-state index is 12.7. The Hall–Kier alpha value is -3.75. The summed E-state index contributed by atoms with van der Waals surface area (Å²) in [6.45, 7) is 3.46. The normalized spacial score (nSPS) is 11.0. The topological polar surface area (TPSA) is 99.6 Å². The van der Waals surface area contributed by atoms with E-state index < -0.39 is 0 Å². The Morgan fingerprint density at radius 1 is 1.14 bits per heavy atom. The minimum absolute atomic E-state index is 0.0562. The van der Waals surface area contributed by atoms with Gasteiger partial charge in [-0.1, -0.05) is 6.07 Å². The van der Waals surface area contributed by atoms with E-state index in [-0.39, 0.29) is 11.5 Å². The van der Waals surface area contributed by atoms with Gasteiger partial charge in [-0.2, -0.15) is 0 Å². The molecular formula is C19H19N7O2. The van der Waals surface area contributed by atoms with Crippen molar-refractivity contribution >= 4 is 16.8 Å². The molecule has 9 nitrogen and oxygen atoms in total. The van der Waals surface area contributed by atoms with Crippen molar-refractivity contribution in [1.29, 1.82) is 0 Å². The summed E-state index contributed by atoms with van der Waals surface area (Å²) in [6.07, 6.45) is 5.14. The van der Waals surface area contributed by atoms with Crippen molar-refractivity contribution in [3.05, 3.63) is 71.0 Å². The number of benzene rings is 1. The molecule has 0 saturated carbocycles. The van der Waals surface area contributed by atoms with Crippen LogP contribution < -0.4 is 10.9 Å². The highest BCUT2D eigenvalue weighted by atomic mass is 16.1. The molecule has 0 saturated heterocycles. The predicted octanol–water partition coefficient (Wildman–Crippen LogP) is 1.23. The van der Waals surface area contributed by atoms with Crippen LogP contribution in [0.2, 0.25) is 0 Å². The molecule has 0 bridgehead atoms. The average molecular weight is 377 g/mol. The van der Waals surface area contributed by atoms with Crippen molar-refractivity contribution in [2.75, 3.05) is 6.54 Å². The zero-order valence-corrected chi connectivity index (χ0v) is 15.3. The van der Waals surface area contributed by atoms with E-state index in [0.717, 1.165) is 11.9 Å². The van der Waals surface area contributed by atoms with Gasteiger partial charge in [0.1, 0.15) is 11.8 Å². The van der Waals surface area contributed by atoms with E-state index in [1.807, 2.05) is 35.9 Å². The van der Waals surface area contributed by atoms with Gasteiger partial charge in [0.05, 0.1) is 5.69 Å². The van der Waals surface area contributed by atoms with Crippen molar-refractivity contribution in [2.45, 2.75) is 20.0 Å². The van der Waals surface area contributed by atoms with Crippen molar-refractivity contribution < 1.29 is 4.79 Å². The highest BCUT2D eigenvalue weighted by molar-refractivity contribution is 5.94. The monoisotopic (exact) mass is 377 g/mol. The fourth-order valence-corrected chi connectivity index (χ4v) is 3.15. The fourth-order valence-electron chi connectivity index (χ4n) is 3.15. The van der Waals surface area contributed by atoms with E-state index >= 15 is 0 Å². The summed E-state index contributed by atoms with van der Waals surface area (Å²) in [5, 5.41) is 14.8. The van der Waals surface area contributed by atoms with Crippen LogP contribution in [0.3, 0.4) is 0 Å². The number of hydrogen-bond acceptors (Lipinski definition) is 5. The van der Waals surface area contributed by atoms with Gasteiger partial charge in [0.25, 0.3) is 11.5 Å². The molecule has 1 aromatic carbocycles. The van der Waals surface area contributed by atoms with Gasteiger partial charge in [0.15, 0.2) is 0 Å². The number of hydrogen-bond donors (Lipinski definition) is 1. The maximum atomic E-state index is 12.7. The highest BCUT2D eigenvalue weighted by Gasteiger charge is 2.09. The lowest BCUT2D eigenvalue weighted by Crippen LogP contribution is -2.31. The van der Waals surface area contributed by atoms with Gasteiger partial charge in [-0.3, -0.25) is 9.59 Å². The summed E-state index contributed by atoms with van der Waals surface area (Å²) in [5.41, 5.74) is 1.82. The number of aromatic nitrogens is 6. The molecule has 0 radical (unpaired) electrons. The smallest absolute Gasteiger partial charge is 0.275 e. The fraction of sp³-hybridized carbons (Fsp3) is 0.211. The summed E-state index contributed by atoms with van der Waals surface area (Å²) in [4.78, 5) is 25.1. The van der Waals surface area contributed by atoms with Crippen LogP contribution in [0.15, 0.2) is 59.9 Å². The van der Waals surface area contributed by atoms with Gasteiger partial charge in [-0.15, -0.1) is 5.10 Å². The molecule has 3 heterocycles. The molecular weight excluding hydrogens is 358 g/mol. The zero-order valence-electron chi connectivity index (χ0n) is 15.3. The first kappa shape index (κ1) is 17.7. The second-order valence-electron chi connectivity index (χ2n) is 6.28. The lowest BCUT2D eigenvalue weighted by atomic mass is 10.2. The molecule has 0 aliphatic heterocycles. The van der Waals surface area contributed by atoms with Gasteiger partial charge in [-0.25, -0.2) is 4.68 Å². The number of nitrogens with one attached hydrogen (secondary N) is 1. The summed E-state index contributed by atoms with van der Waals surface area (Å²) in [7, 11) is 0. The van der Waals surface area contributed by atoms with Crippen LogP contribution >= 0.6 is 0 Å². The summed E-state index contributed by atoms with van der Waals surface area (Å²) in [6, 6.07) is 10.9. The molecule has 0 aliphatic rings. The number of tetrazole rings is 1. The molecule has 0 aliphatic carbocycles. The molecule has 0 fully saturated rings. The third-order valence-electron chi connectivity index (χ3n) is 4.59. The van der Waals surface area contributed by atoms with Crippen LogP contribution in [0.25, 0.3) is 16.6 Å². The van der Waals surface area contributed by atoms with Crippen LogP contribution in [-0.4, -0.2) is 41.8 Å². The Labute approximate surface area is 160 Å². The van der Waals surface area contributed by atoms with Crippen molar-refractivity contribution in [3.8, 4) is 5.69 Å². The number of carbonyl (C=O) groups is 1. The van der Waals surface area contributed by atoms with E-state index in [2.05, 4.69) is 20.8 Å². The summed E-state index contributed by atoms with van der Waals surface area (Å²) >= 11 is 0. The molecule has 4 aromatic rings. The Kier molecular flexibility index (Phi) is 4.71. The third kappa shape index (κ3) is 3.29. The molecule has 1 amide bonds. The number of nitrogens with zero attached hydrogens (tertiary/aromatic N) is 6. The van der Waals surface area contributed by atoms with Crippen molar-refractivity contribution in [3.63, 3.8) is 0 Å². The molecule has 3 aromatic heterocycles. The summed E-state index contributed by atoms with van der Waals surface area (Å²) < 4.78 is 5.03. The number of amides is 1. The number of carbonyl (C=O) groups excluding carboxylic acids is 1. The molecule has 4 rings (SSSR count). The first-order valence-corrected chi connectivity index (χ1v) is 8.97. The van der Waals surface area contributed by atoms with Crippen LogP contribution in [0.5, 0.6) is 0 Å². The van der Waals surface area contributed by atoms with E-state index in [9.17, 15) is 9.59 Å². The highest BCUT2D eigenvalue weighted by Crippen LogP contribution is 2.11. The lowest BCUT2D eigenvalue weighted by Gasteiger charge is -2.09. The van der Waals surface area contributed by atoms with E-state index in [1.165, 1.54) is 11.0 Å². The SMILES string of the molecule is CCn1ccc2ccn(CCNC(=O)c3cccc(-n4cnnn4)c3)c(=O)c21. The molecule has 0 unspecified atom stereocenters. The van der Waals surface area contributed by atoms with Crippen LogP contribution in [0, 0.1) is 0 Å². The standard InChI is InChI=1S/C19H19N7O2/c1-2-24-9-6-14-7-10-25(19(28)17(14)24)11-8-20-18(27)15-4-3-5-16(12-15)26-13-21-22-23-26/h3-7,9-10,12-13H,2,8,11H2,1H3,(H,20,27). The van der Waals surface area contributed by atoms with E-state index in [4.69, 9.17) is 0 Å². The largest absolute Gasteiger partial charge is 0.350 e. The molecule has 28 heavy (non-hydrogen) atoms. The molecule has 1 N–H and O–H groups in total. The Bertz CT molecular complexity index is 1170. The van der Waals surface area contributed by atoms with Gasteiger partial charge in [0, 0.05) is 43.0 Å². The molecule has 9 heteroatoms. The Morgan fingerprint density at radius 2 is 1.96 bits per heavy atom. The van der Waals surface area contributed by atoms with Crippen LogP contribution in [-0.2, 0) is 13.1 Å². The Morgan fingerprint density at radius 3 is 2.71 bits per heavy atom. The second-order valence-corrected chi connectivity index (χ2v) is 6.28. The maximum Gasteiger partial charge on any atom is 0.275 e. The first-order valence-electron chi connectivity index (χ1n) is 8.97. The van der Waals surface area contributed by atoms with E-state index in [1.54, 1.807) is 29.0 Å². The predicted molar refractivity (Wildman–Crippen MR) is 103 cm³/mol. The number of pyridine rings is 1. The number of rotatable bonds is 6.